The molecular formula is C20H20Cl2N2S2. The van der Waals surface area contributed by atoms with Gasteiger partial charge in [-0.05, 0) is 12.1 Å². The molecule has 2 nitrogen and oxygen atoms in total. The van der Waals surface area contributed by atoms with Gasteiger partial charge in [0.2, 0.25) is 0 Å². The summed E-state index contributed by atoms with van der Waals surface area (Å²) in [6, 6.07) is 16.6. The lowest BCUT2D eigenvalue weighted by Gasteiger charge is -1.95. The molecule has 0 saturated carbocycles. The van der Waals surface area contributed by atoms with Crippen molar-refractivity contribution < 1.29 is 0 Å². The largest absolute Gasteiger partial charge is 0.360 e. The van der Waals surface area contributed by atoms with Gasteiger partial charge in [0.05, 0.1) is 0 Å². The van der Waals surface area contributed by atoms with E-state index in [4.69, 9.17) is 23.2 Å². The van der Waals surface area contributed by atoms with Crippen LogP contribution in [0.2, 0.25) is 0 Å². The number of hydrogen-bond acceptors (Lipinski definition) is 2. The second-order valence-electron chi connectivity index (χ2n) is 5.47. The smallest absolute Gasteiger partial charge is 0.0465 e. The molecule has 0 radical (unpaired) electrons. The molecule has 0 bridgehead atoms. The second kappa shape index (κ2) is 10.2. The van der Waals surface area contributed by atoms with Crippen LogP contribution in [0.5, 0.6) is 0 Å². The second-order valence-corrected chi connectivity index (χ2v) is 8.50. The highest BCUT2D eigenvalue weighted by Gasteiger charge is 2.02. The predicted octanol–water partition coefficient (Wildman–Crippen LogP) is 7.00. The molecule has 0 aliphatic rings. The summed E-state index contributed by atoms with van der Waals surface area (Å²) < 4.78 is 0. The summed E-state index contributed by atoms with van der Waals surface area (Å²) in [5, 5.41) is 2.58. The third-order valence-corrected chi connectivity index (χ3v) is 6.71. The van der Waals surface area contributed by atoms with E-state index >= 15 is 0 Å². The van der Waals surface area contributed by atoms with Crippen LogP contribution in [0.3, 0.4) is 0 Å². The van der Waals surface area contributed by atoms with Crippen molar-refractivity contribution in [3.8, 4) is 0 Å². The first-order chi connectivity index (χ1) is 12.8. The molecule has 4 aromatic rings. The van der Waals surface area contributed by atoms with Gasteiger partial charge in [-0.25, -0.2) is 0 Å². The molecule has 136 valence electrons. The Morgan fingerprint density at radius 2 is 1.08 bits per heavy atom. The van der Waals surface area contributed by atoms with Gasteiger partial charge in [-0.1, -0.05) is 36.4 Å². The summed E-state index contributed by atoms with van der Waals surface area (Å²) in [4.78, 5) is 9.04. The van der Waals surface area contributed by atoms with E-state index < -0.39 is 0 Å². The topological polar surface area (TPSA) is 31.6 Å². The fourth-order valence-corrected chi connectivity index (χ4v) is 4.63. The first-order valence-corrected chi connectivity index (χ1v) is 11.4. The lowest BCUT2D eigenvalue weighted by molar-refractivity contribution is 1.41. The summed E-state index contributed by atoms with van der Waals surface area (Å²) in [5.74, 6) is 3.32. The van der Waals surface area contributed by atoms with Crippen LogP contribution in [0.4, 0.5) is 0 Å². The number of thioether (sulfide) groups is 2. The third kappa shape index (κ3) is 4.95. The fourth-order valence-electron chi connectivity index (χ4n) is 2.63. The summed E-state index contributed by atoms with van der Waals surface area (Å²) in [6.45, 7) is 0. The van der Waals surface area contributed by atoms with E-state index in [0.717, 1.165) is 11.5 Å². The van der Waals surface area contributed by atoms with Gasteiger partial charge in [0, 0.05) is 67.3 Å². The highest BCUT2D eigenvalue weighted by molar-refractivity contribution is 7.99. The van der Waals surface area contributed by atoms with Crippen molar-refractivity contribution in [2.24, 2.45) is 0 Å². The standard InChI is InChI=1S/2C10H10ClNS/c2*11-5-6-13-10-7-12-9-4-2-1-3-8(9)10/h2*1-4,7,12H,5-6H2. The van der Waals surface area contributed by atoms with Crippen LogP contribution >= 0.6 is 46.7 Å². The van der Waals surface area contributed by atoms with Gasteiger partial charge in [-0.15, -0.1) is 46.7 Å². The minimum absolute atomic E-state index is 0.699. The number of alkyl halides is 2. The predicted molar refractivity (Wildman–Crippen MR) is 119 cm³/mol. The van der Waals surface area contributed by atoms with Gasteiger partial charge in [-0.3, -0.25) is 0 Å². The Kier molecular flexibility index (Phi) is 7.69. The van der Waals surface area contributed by atoms with E-state index in [-0.39, 0.29) is 0 Å². The highest BCUT2D eigenvalue weighted by atomic mass is 35.5. The van der Waals surface area contributed by atoms with Gasteiger partial charge < -0.3 is 9.97 Å². The molecule has 0 unspecified atom stereocenters. The summed E-state index contributed by atoms with van der Waals surface area (Å²) in [5.41, 5.74) is 2.39. The molecule has 4 rings (SSSR count). The molecule has 0 aliphatic heterocycles. The summed E-state index contributed by atoms with van der Waals surface area (Å²) in [7, 11) is 0. The van der Waals surface area contributed by atoms with Crippen molar-refractivity contribution in [3.63, 3.8) is 0 Å². The number of aromatic nitrogens is 2. The molecule has 6 heteroatoms. The Balaban J connectivity index is 0.000000151. The number of aromatic amines is 2. The molecule has 2 aromatic heterocycles. The molecule has 0 atom stereocenters. The van der Waals surface area contributed by atoms with E-state index in [9.17, 15) is 0 Å². The Labute approximate surface area is 172 Å². The zero-order chi connectivity index (χ0) is 18.2. The van der Waals surface area contributed by atoms with E-state index in [1.165, 1.54) is 31.6 Å². The first kappa shape index (κ1) is 19.6. The molecule has 0 fully saturated rings. The third-order valence-electron chi connectivity index (χ3n) is 3.77. The van der Waals surface area contributed by atoms with Crippen LogP contribution in [0, 0.1) is 0 Å². The van der Waals surface area contributed by atoms with Gasteiger partial charge in [0.15, 0.2) is 0 Å². The van der Waals surface area contributed by atoms with Crippen LogP contribution in [-0.2, 0) is 0 Å². The Morgan fingerprint density at radius 1 is 0.654 bits per heavy atom. The number of hydrogen-bond donors (Lipinski definition) is 2. The molecule has 0 aliphatic carbocycles. The number of rotatable bonds is 6. The monoisotopic (exact) mass is 422 g/mol. The molecular weight excluding hydrogens is 403 g/mol. The van der Waals surface area contributed by atoms with Crippen LogP contribution in [-0.4, -0.2) is 33.2 Å². The lowest BCUT2D eigenvalue weighted by Crippen LogP contribution is -1.76. The minimum Gasteiger partial charge on any atom is -0.360 e. The maximum atomic E-state index is 5.64. The molecule has 0 amide bonds. The first-order valence-electron chi connectivity index (χ1n) is 8.33. The number of para-hydroxylation sites is 2. The SMILES string of the molecule is ClCCSc1c[nH]c2ccccc12.ClCCSc1c[nH]c2ccccc12. The van der Waals surface area contributed by atoms with Crippen molar-refractivity contribution in [1.29, 1.82) is 0 Å². The Morgan fingerprint density at radius 3 is 1.50 bits per heavy atom. The van der Waals surface area contributed by atoms with Crippen LogP contribution in [0.1, 0.15) is 0 Å². The zero-order valence-electron chi connectivity index (χ0n) is 14.2. The molecule has 26 heavy (non-hydrogen) atoms. The Hall–Kier alpha value is -1.20. The molecule has 0 spiro atoms. The molecule has 2 aromatic carbocycles. The lowest BCUT2D eigenvalue weighted by atomic mass is 10.2. The van der Waals surface area contributed by atoms with Crippen LogP contribution < -0.4 is 0 Å². The molecule has 2 N–H and O–H groups in total. The van der Waals surface area contributed by atoms with Crippen molar-refractivity contribution in [2.45, 2.75) is 9.79 Å². The van der Waals surface area contributed by atoms with Crippen LogP contribution in [0.15, 0.2) is 70.7 Å². The quantitative estimate of drug-likeness (QED) is 0.259. The highest BCUT2D eigenvalue weighted by Crippen LogP contribution is 2.28. The Bertz CT molecular complexity index is 871. The fraction of sp³-hybridized carbons (Fsp3) is 0.200. The van der Waals surface area contributed by atoms with E-state index in [0.29, 0.717) is 11.8 Å². The number of benzene rings is 2. The van der Waals surface area contributed by atoms with E-state index in [1.807, 2.05) is 24.5 Å². The number of H-pyrrole nitrogens is 2. The maximum Gasteiger partial charge on any atom is 0.0465 e. The normalized spacial score (nSPS) is 10.8. The summed E-state index contributed by atoms with van der Waals surface area (Å²) >= 11 is 14.9. The van der Waals surface area contributed by atoms with Gasteiger partial charge in [0.25, 0.3) is 0 Å². The molecule has 2 heterocycles. The maximum absolute atomic E-state index is 5.64. The van der Waals surface area contributed by atoms with Crippen LogP contribution in [0.25, 0.3) is 21.8 Å². The summed E-state index contributed by atoms with van der Waals surface area (Å²) in [6.07, 6.45) is 4.09. The number of halogens is 2. The number of nitrogens with one attached hydrogen (secondary N) is 2. The van der Waals surface area contributed by atoms with E-state index in [2.05, 4.69) is 46.4 Å². The van der Waals surface area contributed by atoms with Gasteiger partial charge in [0.1, 0.15) is 0 Å². The van der Waals surface area contributed by atoms with Crippen molar-refractivity contribution in [1.82, 2.24) is 9.97 Å². The zero-order valence-corrected chi connectivity index (χ0v) is 17.3. The average molecular weight is 423 g/mol. The average Bonchev–Trinajstić information content (AvgIpc) is 3.29. The van der Waals surface area contributed by atoms with Gasteiger partial charge in [-0.2, -0.15) is 0 Å². The number of fused-ring (bicyclic) bond motifs is 2. The van der Waals surface area contributed by atoms with E-state index in [1.54, 1.807) is 23.5 Å². The van der Waals surface area contributed by atoms with Crippen molar-refractivity contribution in [2.75, 3.05) is 23.3 Å². The molecule has 0 saturated heterocycles. The van der Waals surface area contributed by atoms with Gasteiger partial charge >= 0.3 is 0 Å². The minimum atomic E-state index is 0.699. The van der Waals surface area contributed by atoms with Crippen molar-refractivity contribution in [3.05, 3.63) is 60.9 Å². The van der Waals surface area contributed by atoms with Crippen molar-refractivity contribution >= 4 is 68.5 Å².